The number of rotatable bonds is 1. The molecule has 0 spiro atoms. The van der Waals surface area contributed by atoms with Gasteiger partial charge in [0.05, 0.1) is 28.0 Å². The van der Waals surface area contributed by atoms with E-state index in [9.17, 15) is 4.79 Å². The lowest BCUT2D eigenvalue weighted by Crippen LogP contribution is -2.33. The topological polar surface area (TPSA) is 57.0 Å². The molecular formula is C17H14ClN3O. The Labute approximate surface area is 134 Å². The van der Waals surface area contributed by atoms with E-state index in [1.807, 2.05) is 45.0 Å². The first-order valence-electron chi connectivity index (χ1n) is 6.87. The van der Waals surface area contributed by atoms with Crippen LogP contribution in [0.2, 0.25) is 5.02 Å². The standard InChI is InChI=1S/C17H14ClN3O/c1-10-4-5-15-12(6-10)17(2,3)16(22)21(15)11-7-13(18)14(8-19)20-9-11/h4-7,9H,1-3H3. The van der Waals surface area contributed by atoms with Crippen molar-refractivity contribution in [3.8, 4) is 6.07 Å². The summed E-state index contributed by atoms with van der Waals surface area (Å²) in [5.41, 5.74) is 3.05. The number of fused-ring (bicyclic) bond motifs is 1. The first-order valence-corrected chi connectivity index (χ1v) is 7.25. The van der Waals surface area contributed by atoms with Gasteiger partial charge in [0, 0.05) is 0 Å². The second-order valence-corrected chi connectivity index (χ2v) is 6.33. The average Bonchev–Trinajstić information content (AvgIpc) is 2.67. The molecule has 22 heavy (non-hydrogen) atoms. The van der Waals surface area contributed by atoms with Crippen LogP contribution < -0.4 is 4.90 Å². The Morgan fingerprint density at radius 2 is 2.05 bits per heavy atom. The molecule has 1 aliphatic rings. The van der Waals surface area contributed by atoms with Crippen molar-refractivity contribution in [2.75, 3.05) is 4.90 Å². The van der Waals surface area contributed by atoms with Crippen molar-refractivity contribution < 1.29 is 4.79 Å². The number of nitriles is 1. The van der Waals surface area contributed by atoms with Gasteiger partial charge in [-0.15, -0.1) is 0 Å². The Hall–Kier alpha value is -2.38. The van der Waals surface area contributed by atoms with Crippen LogP contribution >= 0.6 is 11.6 Å². The van der Waals surface area contributed by atoms with Gasteiger partial charge in [0.15, 0.2) is 5.69 Å². The van der Waals surface area contributed by atoms with E-state index in [1.165, 1.54) is 6.20 Å². The van der Waals surface area contributed by atoms with Gasteiger partial charge in [-0.25, -0.2) is 4.98 Å². The molecule has 1 aliphatic heterocycles. The van der Waals surface area contributed by atoms with Crippen LogP contribution in [0, 0.1) is 18.3 Å². The van der Waals surface area contributed by atoms with Gasteiger partial charge in [0.1, 0.15) is 6.07 Å². The van der Waals surface area contributed by atoms with E-state index >= 15 is 0 Å². The number of aryl methyl sites for hydroxylation is 1. The highest BCUT2D eigenvalue weighted by Gasteiger charge is 2.44. The molecular weight excluding hydrogens is 298 g/mol. The molecule has 0 saturated carbocycles. The monoisotopic (exact) mass is 311 g/mol. The van der Waals surface area contributed by atoms with E-state index in [0.29, 0.717) is 5.69 Å². The summed E-state index contributed by atoms with van der Waals surface area (Å²) < 4.78 is 0. The van der Waals surface area contributed by atoms with Crippen molar-refractivity contribution >= 4 is 28.9 Å². The van der Waals surface area contributed by atoms with Gasteiger partial charge in [-0.1, -0.05) is 29.3 Å². The molecule has 0 aliphatic carbocycles. The lowest BCUT2D eigenvalue weighted by atomic mass is 9.85. The number of nitrogens with zero attached hydrogens (tertiary/aromatic N) is 3. The Balaban J connectivity index is 2.19. The summed E-state index contributed by atoms with van der Waals surface area (Å²) in [5.74, 6) is -0.0318. The summed E-state index contributed by atoms with van der Waals surface area (Å²) in [6.07, 6.45) is 1.51. The molecule has 0 N–H and O–H groups in total. The fourth-order valence-electron chi connectivity index (χ4n) is 2.74. The molecule has 2 aromatic rings. The van der Waals surface area contributed by atoms with Crippen LogP contribution in [0.4, 0.5) is 11.4 Å². The third kappa shape index (κ3) is 1.98. The van der Waals surface area contributed by atoms with E-state index in [4.69, 9.17) is 16.9 Å². The molecule has 1 amide bonds. The SMILES string of the molecule is Cc1ccc2c(c1)C(C)(C)C(=O)N2c1cnc(C#N)c(Cl)c1. The minimum atomic E-state index is -0.609. The number of hydrogen-bond donors (Lipinski definition) is 0. The number of benzene rings is 1. The number of carbonyl (C=O) groups excluding carboxylic acids is 1. The van der Waals surface area contributed by atoms with Crippen molar-refractivity contribution in [2.45, 2.75) is 26.2 Å². The summed E-state index contributed by atoms with van der Waals surface area (Å²) in [7, 11) is 0. The van der Waals surface area contributed by atoms with Gasteiger partial charge in [-0.05, 0) is 38.5 Å². The maximum atomic E-state index is 12.9. The largest absolute Gasteiger partial charge is 0.278 e. The van der Waals surface area contributed by atoms with Crippen LogP contribution in [0.5, 0.6) is 0 Å². The van der Waals surface area contributed by atoms with Crippen LogP contribution in [0.25, 0.3) is 0 Å². The fourth-order valence-corrected chi connectivity index (χ4v) is 2.94. The summed E-state index contributed by atoms with van der Waals surface area (Å²) in [6, 6.07) is 9.47. The van der Waals surface area contributed by atoms with Crippen LogP contribution in [0.3, 0.4) is 0 Å². The fraction of sp³-hybridized carbons (Fsp3) is 0.235. The average molecular weight is 312 g/mol. The zero-order chi connectivity index (χ0) is 16.1. The molecule has 5 heteroatoms. The van der Waals surface area contributed by atoms with Crippen LogP contribution in [-0.2, 0) is 10.2 Å². The number of hydrogen-bond acceptors (Lipinski definition) is 3. The quantitative estimate of drug-likeness (QED) is 0.803. The van der Waals surface area contributed by atoms with Gasteiger partial charge < -0.3 is 0 Å². The zero-order valence-electron chi connectivity index (χ0n) is 12.5. The number of anilines is 2. The minimum absolute atomic E-state index is 0.0318. The Kier molecular flexibility index (Phi) is 3.19. The number of amides is 1. The van der Waals surface area contributed by atoms with E-state index in [0.717, 1.165) is 16.8 Å². The van der Waals surface area contributed by atoms with Crippen molar-refractivity contribution in [2.24, 2.45) is 0 Å². The summed E-state index contributed by atoms with van der Waals surface area (Å²) in [4.78, 5) is 18.5. The van der Waals surface area contributed by atoms with E-state index in [-0.39, 0.29) is 16.6 Å². The van der Waals surface area contributed by atoms with Crippen molar-refractivity contribution in [3.63, 3.8) is 0 Å². The summed E-state index contributed by atoms with van der Waals surface area (Å²) in [6.45, 7) is 5.82. The third-order valence-corrected chi connectivity index (χ3v) is 4.28. The van der Waals surface area contributed by atoms with Gasteiger partial charge >= 0.3 is 0 Å². The molecule has 0 bridgehead atoms. The Bertz CT molecular complexity index is 836. The van der Waals surface area contributed by atoms with Crippen molar-refractivity contribution in [1.29, 1.82) is 5.26 Å². The molecule has 1 aromatic heterocycles. The summed E-state index contributed by atoms with van der Waals surface area (Å²) in [5, 5.41) is 9.16. The predicted molar refractivity (Wildman–Crippen MR) is 85.3 cm³/mol. The number of pyridine rings is 1. The Morgan fingerprint density at radius 1 is 1.32 bits per heavy atom. The van der Waals surface area contributed by atoms with Gasteiger partial charge in [0.25, 0.3) is 0 Å². The molecule has 0 radical (unpaired) electrons. The lowest BCUT2D eigenvalue weighted by Gasteiger charge is -2.20. The highest BCUT2D eigenvalue weighted by Crippen LogP contribution is 2.45. The van der Waals surface area contributed by atoms with Crippen molar-refractivity contribution in [3.05, 3.63) is 52.3 Å². The third-order valence-electron chi connectivity index (χ3n) is 3.99. The molecule has 110 valence electrons. The van der Waals surface area contributed by atoms with Crippen LogP contribution in [-0.4, -0.2) is 10.9 Å². The second kappa shape index (κ2) is 4.82. The molecule has 2 heterocycles. The number of halogens is 1. The van der Waals surface area contributed by atoms with E-state index in [2.05, 4.69) is 4.98 Å². The van der Waals surface area contributed by atoms with E-state index < -0.39 is 5.41 Å². The minimum Gasteiger partial charge on any atom is -0.278 e. The maximum Gasteiger partial charge on any atom is 0.241 e. The predicted octanol–water partition coefficient (Wildman–Crippen LogP) is 3.87. The number of aromatic nitrogens is 1. The van der Waals surface area contributed by atoms with Crippen molar-refractivity contribution in [1.82, 2.24) is 4.98 Å². The van der Waals surface area contributed by atoms with Crippen LogP contribution in [0.15, 0.2) is 30.5 Å². The maximum absolute atomic E-state index is 12.9. The molecule has 4 nitrogen and oxygen atoms in total. The highest BCUT2D eigenvalue weighted by atomic mass is 35.5. The first kappa shape index (κ1) is 14.6. The molecule has 3 rings (SSSR count). The van der Waals surface area contributed by atoms with Gasteiger partial charge in [0.2, 0.25) is 5.91 Å². The second-order valence-electron chi connectivity index (χ2n) is 5.92. The molecule has 0 unspecified atom stereocenters. The molecule has 0 saturated heterocycles. The zero-order valence-corrected chi connectivity index (χ0v) is 13.3. The number of carbonyl (C=O) groups is 1. The Morgan fingerprint density at radius 3 is 2.68 bits per heavy atom. The molecule has 0 fully saturated rings. The van der Waals surface area contributed by atoms with E-state index in [1.54, 1.807) is 11.0 Å². The van der Waals surface area contributed by atoms with Gasteiger partial charge in [-0.3, -0.25) is 9.69 Å². The normalized spacial score (nSPS) is 15.6. The van der Waals surface area contributed by atoms with Crippen LogP contribution in [0.1, 0.15) is 30.7 Å². The highest BCUT2D eigenvalue weighted by molar-refractivity contribution is 6.32. The molecule has 0 atom stereocenters. The first-order chi connectivity index (χ1) is 10.4. The molecule has 1 aromatic carbocycles. The summed E-state index contributed by atoms with van der Waals surface area (Å²) >= 11 is 6.06. The lowest BCUT2D eigenvalue weighted by molar-refractivity contribution is -0.121. The van der Waals surface area contributed by atoms with Gasteiger partial charge in [-0.2, -0.15) is 5.26 Å². The smallest absolute Gasteiger partial charge is 0.241 e.